The van der Waals surface area contributed by atoms with Gasteiger partial charge in [-0.05, 0) is 24.6 Å². The zero-order chi connectivity index (χ0) is 16.4. The first-order valence-corrected chi connectivity index (χ1v) is 7.20. The van der Waals surface area contributed by atoms with E-state index in [4.69, 9.17) is 0 Å². The molecule has 0 radical (unpaired) electrons. The van der Waals surface area contributed by atoms with Gasteiger partial charge in [0.1, 0.15) is 5.82 Å². The minimum absolute atomic E-state index is 0.204. The molecular formula is C18H15FN2O2. The van der Waals surface area contributed by atoms with E-state index in [2.05, 4.69) is 10.6 Å². The number of carbonyl (C=O) groups excluding carboxylic acids is 2. The highest BCUT2D eigenvalue weighted by Gasteiger charge is 2.31. The van der Waals surface area contributed by atoms with Crippen LogP contribution in [0.5, 0.6) is 0 Å². The van der Waals surface area contributed by atoms with Gasteiger partial charge in [0, 0.05) is 16.8 Å². The van der Waals surface area contributed by atoms with Crippen molar-refractivity contribution >= 4 is 11.8 Å². The summed E-state index contributed by atoms with van der Waals surface area (Å²) in [6, 6.07) is 13.6. The summed E-state index contributed by atoms with van der Waals surface area (Å²) in [5, 5.41) is 5.30. The quantitative estimate of drug-likeness (QED) is 0.854. The Morgan fingerprint density at radius 3 is 2.52 bits per heavy atom. The lowest BCUT2D eigenvalue weighted by Crippen LogP contribution is -2.45. The third-order valence-corrected chi connectivity index (χ3v) is 3.73. The smallest absolute Gasteiger partial charge is 0.319 e. The number of amides is 2. The number of hydrogen-bond acceptors (Lipinski definition) is 2. The van der Waals surface area contributed by atoms with Crippen LogP contribution in [0.3, 0.4) is 0 Å². The molecule has 0 unspecified atom stereocenters. The van der Waals surface area contributed by atoms with Gasteiger partial charge in [0.05, 0.1) is 6.04 Å². The summed E-state index contributed by atoms with van der Waals surface area (Å²) in [6.07, 6.45) is 0. The maximum Gasteiger partial charge on any atom is 0.319 e. The zero-order valence-corrected chi connectivity index (χ0v) is 12.5. The topological polar surface area (TPSA) is 58.2 Å². The van der Waals surface area contributed by atoms with Crippen molar-refractivity contribution in [3.63, 3.8) is 0 Å². The van der Waals surface area contributed by atoms with Gasteiger partial charge < -0.3 is 10.6 Å². The van der Waals surface area contributed by atoms with Crippen LogP contribution in [0.15, 0.2) is 65.9 Å². The average molecular weight is 310 g/mol. The minimum Gasteiger partial charge on any atom is -0.327 e. The number of allylic oxidation sites excluding steroid dienone is 1. The van der Waals surface area contributed by atoms with Crippen molar-refractivity contribution < 1.29 is 14.0 Å². The summed E-state index contributed by atoms with van der Waals surface area (Å²) in [5.41, 5.74) is 1.91. The Labute approximate surface area is 133 Å². The van der Waals surface area contributed by atoms with Crippen LogP contribution in [0.4, 0.5) is 9.18 Å². The second kappa shape index (κ2) is 6.04. The van der Waals surface area contributed by atoms with Crippen molar-refractivity contribution in [2.45, 2.75) is 13.0 Å². The van der Waals surface area contributed by atoms with Crippen LogP contribution >= 0.6 is 0 Å². The van der Waals surface area contributed by atoms with E-state index in [1.807, 2.05) is 6.07 Å². The Kier molecular flexibility index (Phi) is 3.93. The average Bonchev–Trinajstić information content (AvgIpc) is 2.54. The number of rotatable bonds is 3. The number of benzene rings is 2. The molecule has 0 saturated carbocycles. The fourth-order valence-electron chi connectivity index (χ4n) is 2.68. The number of nitrogens with one attached hydrogen (secondary N) is 2. The summed E-state index contributed by atoms with van der Waals surface area (Å²) < 4.78 is 13.5. The van der Waals surface area contributed by atoms with E-state index in [1.54, 1.807) is 43.3 Å². The largest absolute Gasteiger partial charge is 0.327 e. The maximum absolute atomic E-state index is 13.5. The van der Waals surface area contributed by atoms with E-state index < -0.39 is 17.9 Å². The number of Topliss-reactive ketones (excluding diaryl/α,β-unsaturated/α-hetero) is 1. The summed E-state index contributed by atoms with van der Waals surface area (Å²) in [5.74, 6) is -0.621. The molecule has 1 aliphatic heterocycles. The van der Waals surface area contributed by atoms with Gasteiger partial charge >= 0.3 is 6.03 Å². The van der Waals surface area contributed by atoms with Gasteiger partial charge in [-0.1, -0.05) is 42.5 Å². The second-order valence-electron chi connectivity index (χ2n) is 5.32. The van der Waals surface area contributed by atoms with Crippen molar-refractivity contribution in [2.24, 2.45) is 0 Å². The van der Waals surface area contributed by atoms with Crippen molar-refractivity contribution in [1.82, 2.24) is 10.6 Å². The Morgan fingerprint density at radius 2 is 1.83 bits per heavy atom. The van der Waals surface area contributed by atoms with Crippen LogP contribution in [0.1, 0.15) is 28.9 Å². The fraction of sp³-hybridized carbons (Fsp3) is 0.111. The van der Waals surface area contributed by atoms with Gasteiger partial charge in [0.2, 0.25) is 0 Å². The second-order valence-corrected chi connectivity index (χ2v) is 5.32. The summed E-state index contributed by atoms with van der Waals surface area (Å²) in [7, 11) is 0. The SMILES string of the molecule is CC1=C(C(=O)c2ccccc2)[C@H](c2cccc(F)c2)NC(=O)N1. The Balaban J connectivity index is 2.08. The monoisotopic (exact) mass is 310 g/mol. The van der Waals surface area contributed by atoms with Crippen LogP contribution in [-0.2, 0) is 0 Å². The summed E-state index contributed by atoms with van der Waals surface area (Å²) in [6.45, 7) is 1.67. The summed E-state index contributed by atoms with van der Waals surface area (Å²) in [4.78, 5) is 24.6. The van der Waals surface area contributed by atoms with Crippen molar-refractivity contribution in [2.75, 3.05) is 0 Å². The molecule has 0 fully saturated rings. The number of ketones is 1. The highest BCUT2D eigenvalue weighted by Crippen LogP contribution is 2.29. The molecule has 2 N–H and O–H groups in total. The van der Waals surface area contributed by atoms with Crippen LogP contribution in [-0.4, -0.2) is 11.8 Å². The first-order chi connectivity index (χ1) is 11.1. The molecule has 0 bridgehead atoms. The first kappa shape index (κ1) is 15.0. The van der Waals surface area contributed by atoms with E-state index in [-0.39, 0.29) is 5.78 Å². The van der Waals surface area contributed by atoms with Crippen LogP contribution in [0.25, 0.3) is 0 Å². The van der Waals surface area contributed by atoms with Gasteiger partial charge in [-0.2, -0.15) is 0 Å². The number of halogens is 1. The number of urea groups is 1. The predicted molar refractivity (Wildman–Crippen MR) is 84.3 cm³/mol. The molecule has 1 atom stereocenters. The van der Waals surface area contributed by atoms with E-state index in [9.17, 15) is 14.0 Å². The molecule has 2 amide bonds. The van der Waals surface area contributed by atoms with Crippen molar-refractivity contribution in [1.29, 1.82) is 0 Å². The van der Waals surface area contributed by atoms with Gasteiger partial charge in [-0.3, -0.25) is 4.79 Å². The first-order valence-electron chi connectivity index (χ1n) is 7.20. The fourth-order valence-corrected chi connectivity index (χ4v) is 2.68. The lowest BCUT2D eigenvalue weighted by molar-refractivity contribution is 0.102. The van der Waals surface area contributed by atoms with Gasteiger partial charge in [-0.15, -0.1) is 0 Å². The highest BCUT2D eigenvalue weighted by molar-refractivity contribution is 6.11. The molecule has 0 saturated heterocycles. The van der Waals surface area contributed by atoms with E-state index in [1.165, 1.54) is 12.1 Å². The lowest BCUT2D eigenvalue weighted by Gasteiger charge is -2.28. The van der Waals surface area contributed by atoms with E-state index >= 15 is 0 Å². The van der Waals surface area contributed by atoms with Crippen LogP contribution in [0.2, 0.25) is 0 Å². The molecule has 0 spiro atoms. The van der Waals surface area contributed by atoms with E-state index in [0.717, 1.165) is 0 Å². The highest BCUT2D eigenvalue weighted by atomic mass is 19.1. The molecule has 2 aromatic carbocycles. The molecule has 5 heteroatoms. The molecule has 3 rings (SSSR count). The molecule has 0 aliphatic carbocycles. The zero-order valence-electron chi connectivity index (χ0n) is 12.5. The summed E-state index contributed by atoms with van der Waals surface area (Å²) >= 11 is 0. The van der Waals surface area contributed by atoms with E-state index in [0.29, 0.717) is 22.4 Å². The number of carbonyl (C=O) groups is 2. The molecule has 1 heterocycles. The molecule has 23 heavy (non-hydrogen) atoms. The minimum atomic E-state index is -0.688. The Morgan fingerprint density at radius 1 is 1.09 bits per heavy atom. The van der Waals surface area contributed by atoms with Crippen LogP contribution in [0, 0.1) is 5.82 Å². The molecule has 0 aromatic heterocycles. The molecule has 1 aliphatic rings. The number of hydrogen-bond donors (Lipinski definition) is 2. The van der Waals surface area contributed by atoms with Gasteiger partial charge in [-0.25, -0.2) is 9.18 Å². The molecular weight excluding hydrogens is 295 g/mol. The Hall–Kier alpha value is -2.95. The molecule has 4 nitrogen and oxygen atoms in total. The molecule has 116 valence electrons. The Bertz CT molecular complexity index is 800. The van der Waals surface area contributed by atoms with Gasteiger partial charge in [0.25, 0.3) is 0 Å². The standard InChI is InChI=1S/C18H15FN2O2/c1-11-15(17(22)12-6-3-2-4-7-12)16(21-18(23)20-11)13-8-5-9-14(19)10-13/h2-10,16H,1H3,(H2,20,21,23)/t16-/m0/s1. The predicted octanol–water partition coefficient (Wildman–Crippen LogP) is 3.34. The lowest BCUT2D eigenvalue weighted by atomic mass is 9.89. The maximum atomic E-state index is 13.5. The van der Waals surface area contributed by atoms with Crippen molar-refractivity contribution in [3.8, 4) is 0 Å². The normalized spacial score (nSPS) is 17.5. The van der Waals surface area contributed by atoms with Crippen LogP contribution < -0.4 is 10.6 Å². The third kappa shape index (κ3) is 2.99. The van der Waals surface area contributed by atoms with Crippen molar-refractivity contribution in [3.05, 3.63) is 82.8 Å². The molecule has 2 aromatic rings. The third-order valence-electron chi connectivity index (χ3n) is 3.73. The van der Waals surface area contributed by atoms with Gasteiger partial charge in [0.15, 0.2) is 5.78 Å².